The van der Waals surface area contributed by atoms with Gasteiger partial charge >= 0.3 is 0 Å². The van der Waals surface area contributed by atoms with Gasteiger partial charge in [-0.1, -0.05) is 84.4 Å². The number of hydrogen-bond donors (Lipinski definition) is 2. The van der Waals surface area contributed by atoms with Gasteiger partial charge in [0.2, 0.25) is 5.91 Å². The normalized spacial score (nSPS) is 12.5. The minimum absolute atomic E-state index is 0.0496. The fraction of sp³-hybridized carbons (Fsp3) is 0.148. The standard InChI is InChI=1S/C27H25ClN4O2/c1-32-17-16-29-26(32)25(20-12-6-3-7-13-20)31-24(33)18-23(19-10-4-2-5-11-19)30-27(34)21-14-8-9-15-22(21)28/h2-17,23,25H,18H2,1H3,(H,30,34)(H,31,33). The molecule has 0 spiro atoms. The van der Waals surface area contributed by atoms with Crippen LogP contribution in [0.5, 0.6) is 0 Å². The summed E-state index contributed by atoms with van der Waals surface area (Å²) in [6.07, 6.45) is 3.59. The van der Waals surface area contributed by atoms with Gasteiger partial charge in [0.25, 0.3) is 5.91 Å². The summed E-state index contributed by atoms with van der Waals surface area (Å²) in [6.45, 7) is 0. The van der Waals surface area contributed by atoms with Crippen LogP contribution in [0.4, 0.5) is 0 Å². The number of nitrogens with one attached hydrogen (secondary N) is 2. The number of carbonyl (C=O) groups excluding carboxylic acids is 2. The van der Waals surface area contributed by atoms with E-state index in [-0.39, 0.29) is 18.2 Å². The first-order valence-electron chi connectivity index (χ1n) is 10.9. The van der Waals surface area contributed by atoms with Crippen molar-refractivity contribution in [2.45, 2.75) is 18.5 Å². The second-order valence-electron chi connectivity index (χ2n) is 7.93. The van der Waals surface area contributed by atoms with E-state index in [4.69, 9.17) is 11.6 Å². The van der Waals surface area contributed by atoms with Crippen LogP contribution in [0.3, 0.4) is 0 Å². The Hall–Kier alpha value is -3.90. The molecule has 6 nitrogen and oxygen atoms in total. The molecule has 0 radical (unpaired) electrons. The molecule has 0 aliphatic heterocycles. The SMILES string of the molecule is Cn1ccnc1C(NC(=O)CC(NC(=O)c1ccccc1Cl)c1ccccc1)c1ccccc1. The quantitative estimate of drug-likeness (QED) is 0.385. The van der Waals surface area contributed by atoms with Crippen LogP contribution in [-0.4, -0.2) is 21.4 Å². The van der Waals surface area contributed by atoms with Crippen LogP contribution >= 0.6 is 11.6 Å². The van der Waals surface area contributed by atoms with Crippen molar-refractivity contribution in [2.24, 2.45) is 7.05 Å². The zero-order valence-corrected chi connectivity index (χ0v) is 19.4. The molecule has 7 heteroatoms. The van der Waals surface area contributed by atoms with E-state index in [1.54, 1.807) is 30.5 Å². The van der Waals surface area contributed by atoms with Gasteiger partial charge in [0.05, 0.1) is 23.0 Å². The average molecular weight is 473 g/mol. The number of benzene rings is 3. The van der Waals surface area contributed by atoms with Crippen LogP contribution in [0.1, 0.15) is 45.8 Å². The fourth-order valence-electron chi connectivity index (χ4n) is 3.82. The zero-order chi connectivity index (χ0) is 23.9. The molecule has 172 valence electrons. The van der Waals surface area contributed by atoms with Crippen LogP contribution in [0.15, 0.2) is 97.3 Å². The molecule has 2 unspecified atom stereocenters. The highest BCUT2D eigenvalue weighted by atomic mass is 35.5. The zero-order valence-electron chi connectivity index (χ0n) is 18.7. The van der Waals surface area contributed by atoms with Crippen molar-refractivity contribution in [1.29, 1.82) is 0 Å². The summed E-state index contributed by atoms with van der Waals surface area (Å²) in [7, 11) is 1.89. The van der Waals surface area contributed by atoms with E-state index in [9.17, 15) is 9.59 Å². The molecule has 3 aromatic carbocycles. The maximum absolute atomic E-state index is 13.3. The topological polar surface area (TPSA) is 76.0 Å². The summed E-state index contributed by atoms with van der Waals surface area (Å²) < 4.78 is 1.88. The van der Waals surface area contributed by atoms with E-state index in [2.05, 4.69) is 15.6 Å². The van der Waals surface area contributed by atoms with Gasteiger partial charge in [0.15, 0.2) is 0 Å². The lowest BCUT2D eigenvalue weighted by atomic mass is 10.0. The third-order valence-corrected chi connectivity index (χ3v) is 5.90. The Kier molecular flexibility index (Phi) is 7.40. The third-order valence-electron chi connectivity index (χ3n) is 5.57. The maximum Gasteiger partial charge on any atom is 0.253 e. The molecule has 0 saturated carbocycles. The fourth-order valence-corrected chi connectivity index (χ4v) is 4.04. The lowest BCUT2D eigenvalue weighted by Crippen LogP contribution is -2.36. The number of imidazole rings is 1. The van der Waals surface area contributed by atoms with E-state index >= 15 is 0 Å². The second-order valence-corrected chi connectivity index (χ2v) is 8.34. The minimum Gasteiger partial charge on any atom is -0.345 e. The second kappa shape index (κ2) is 10.8. The first kappa shape index (κ1) is 23.3. The third kappa shape index (κ3) is 5.53. The molecule has 4 aromatic rings. The Labute approximate surface area is 203 Å². The molecule has 34 heavy (non-hydrogen) atoms. The summed E-state index contributed by atoms with van der Waals surface area (Å²) in [6, 6.07) is 25.0. The Bertz CT molecular complexity index is 1260. The molecule has 1 aromatic heterocycles. The van der Waals surface area contributed by atoms with Gasteiger partial charge in [-0.15, -0.1) is 0 Å². The summed E-state index contributed by atoms with van der Waals surface area (Å²) in [4.78, 5) is 30.7. The van der Waals surface area contributed by atoms with Gasteiger partial charge in [-0.2, -0.15) is 0 Å². The molecule has 0 fully saturated rings. The summed E-state index contributed by atoms with van der Waals surface area (Å²) in [5.74, 6) is 0.164. The molecule has 2 amide bonds. The molecule has 0 saturated heterocycles. The van der Waals surface area contributed by atoms with E-state index in [1.807, 2.05) is 78.5 Å². The number of aryl methyl sites for hydroxylation is 1. The Morgan fingerprint density at radius 2 is 1.50 bits per heavy atom. The number of carbonyl (C=O) groups is 2. The molecule has 0 bridgehead atoms. The van der Waals surface area contributed by atoms with Gasteiger partial charge < -0.3 is 15.2 Å². The van der Waals surface area contributed by atoms with Crippen molar-refractivity contribution in [3.8, 4) is 0 Å². The lowest BCUT2D eigenvalue weighted by Gasteiger charge is -2.23. The lowest BCUT2D eigenvalue weighted by molar-refractivity contribution is -0.122. The van der Waals surface area contributed by atoms with Gasteiger partial charge in [-0.3, -0.25) is 9.59 Å². The van der Waals surface area contributed by atoms with Crippen molar-refractivity contribution >= 4 is 23.4 Å². The first-order chi connectivity index (χ1) is 16.5. The minimum atomic E-state index is -0.539. The Morgan fingerprint density at radius 1 is 0.882 bits per heavy atom. The van der Waals surface area contributed by atoms with Crippen molar-refractivity contribution in [2.75, 3.05) is 0 Å². The highest BCUT2D eigenvalue weighted by Crippen LogP contribution is 2.23. The molecule has 4 rings (SSSR count). The summed E-state index contributed by atoms with van der Waals surface area (Å²) >= 11 is 6.21. The summed E-state index contributed by atoms with van der Waals surface area (Å²) in [5, 5.41) is 6.43. The molecule has 2 N–H and O–H groups in total. The number of halogens is 1. The smallest absolute Gasteiger partial charge is 0.253 e. The van der Waals surface area contributed by atoms with Crippen LogP contribution in [0.2, 0.25) is 5.02 Å². The number of rotatable bonds is 8. The van der Waals surface area contributed by atoms with E-state index in [0.717, 1.165) is 17.0 Å². The van der Waals surface area contributed by atoms with Gasteiger partial charge in [0, 0.05) is 19.4 Å². The van der Waals surface area contributed by atoms with Crippen molar-refractivity contribution in [3.63, 3.8) is 0 Å². The number of hydrogen-bond acceptors (Lipinski definition) is 3. The van der Waals surface area contributed by atoms with Crippen LogP contribution < -0.4 is 10.6 Å². The van der Waals surface area contributed by atoms with E-state index in [1.165, 1.54) is 0 Å². The van der Waals surface area contributed by atoms with Crippen LogP contribution in [-0.2, 0) is 11.8 Å². The molecule has 0 aliphatic carbocycles. The van der Waals surface area contributed by atoms with Crippen LogP contribution in [0.25, 0.3) is 0 Å². The van der Waals surface area contributed by atoms with Crippen molar-refractivity contribution in [1.82, 2.24) is 20.2 Å². The number of amides is 2. The highest BCUT2D eigenvalue weighted by molar-refractivity contribution is 6.33. The predicted molar refractivity (Wildman–Crippen MR) is 132 cm³/mol. The summed E-state index contributed by atoms with van der Waals surface area (Å²) in [5.41, 5.74) is 2.11. The van der Waals surface area contributed by atoms with Crippen LogP contribution in [0, 0.1) is 0 Å². The Morgan fingerprint density at radius 3 is 2.12 bits per heavy atom. The van der Waals surface area contributed by atoms with Crippen molar-refractivity contribution < 1.29 is 9.59 Å². The molecule has 1 heterocycles. The van der Waals surface area contributed by atoms with E-state index < -0.39 is 12.1 Å². The average Bonchev–Trinajstić information content (AvgIpc) is 3.29. The highest BCUT2D eigenvalue weighted by Gasteiger charge is 2.24. The van der Waals surface area contributed by atoms with E-state index in [0.29, 0.717) is 10.6 Å². The molecular weight excluding hydrogens is 448 g/mol. The number of nitrogens with zero attached hydrogens (tertiary/aromatic N) is 2. The predicted octanol–water partition coefficient (Wildman–Crippen LogP) is 4.84. The van der Waals surface area contributed by atoms with Gasteiger partial charge in [-0.05, 0) is 23.3 Å². The largest absolute Gasteiger partial charge is 0.345 e. The van der Waals surface area contributed by atoms with Crippen molar-refractivity contribution in [3.05, 3.63) is 125 Å². The monoisotopic (exact) mass is 472 g/mol. The van der Waals surface area contributed by atoms with Gasteiger partial charge in [-0.25, -0.2) is 4.98 Å². The maximum atomic E-state index is 13.3. The molecule has 2 atom stereocenters. The first-order valence-corrected chi connectivity index (χ1v) is 11.3. The Balaban J connectivity index is 1.57. The van der Waals surface area contributed by atoms with Gasteiger partial charge in [0.1, 0.15) is 11.9 Å². The number of aromatic nitrogens is 2. The molecular formula is C27H25ClN4O2. The molecule has 0 aliphatic rings.